The van der Waals surface area contributed by atoms with Crippen molar-refractivity contribution in [2.75, 3.05) is 6.54 Å². The van der Waals surface area contributed by atoms with E-state index >= 15 is 0 Å². The van der Waals surface area contributed by atoms with Crippen LogP contribution < -0.4 is 10.6 Å². The Balaban J connectivity index is 1.72. The molecule has 4 rings (SSSR count). The van der Waals surface area contributed by atoms with Crippen LogP contribution in [0.3, 0.4) is 0 Å². The number of aromatic nitrogens is 1. The Labute approximate surface area is 285 Å². The summed E-state index contributed by atoms with van der Waals surface area (Å²) in [6, 6.07) is 9.90. The molecule has 0 saturated carbocycles. The number of rotatable bonds is 15. The number of carbonyl (C=O) groups is 4. The van der Waals surface area contributed by atoms with E-state index in [0.717, 1.165) is 12.5 Å². The maximum absolute atomic E-state index is 14.6. The SMILES string of the molecule is CCC(C)[C@@H](CNC(C)=O)CC(=O)[C@@]1(NC(=O)[C@@H](CC(=O)Cc2ccccc2F)C(C)CC)CCc2[nH]c3c(C(F)(F)F)cccc3c2C1. The molecule has 266 valence electrons. The number of halogens is 4. The molecule has 0 aliphatic heterocycles. The van der Waals surface area contributed by atoms with Gasteiger partial charge in [0.2, 0.25) is 11.8 Å². The number of alkyl halides is 3. The first-order valence-corrected chi connectivity index (χ1v) is 17.1. The van der Waals surface area contributed by atoms with Crippen LogP contribution in [-0.4, -0.2) is 40.4 Å². The molecule has 3 N–H and O–H groups in total. The van der Waals surface area contributed by atoms with E-state index < -0.39 is 34.9 Å². The van der Waals surface area contributed by atoms with E-state index in [1.807, 2.05) is 27.7 Å². The number of carbonyl (C=O) groups excluding carboxylic acids is 4. The topological polar surface area (TPSA) is 108 Å². The fourth-order valence-electron chi connectivity index (χ4n) is 6.98. The summed E-state index contributed by atoms with van der Waals surface area (Å²) in [6.07, 6.45) is -3.29. The lowest BCUT2D eigenvalue weighted by Gasteiger charge is -2.40. The van der Waals surface area contributed by atoms with Gasteiger partial charge in [-0.2, -0.15) is 13.2 Å². The summed E-state index contributed by atoms with van der Waals surface area (Å²) in [6.45, 7) is 9.37. The highest BCUT2D eigenvalue weighted by Gasteiger charge is 2.46. The molecule has 0 bridgehead atoms. The molecule has 1 aliphatic rings. The van der Waals surface area contributed by atoms with Gasteiger partial charge in [0.15, 0.2) is 5.78 Å². The van der Waals surface area contributed by atoms with Crippen molar-refractivity contribution in [1.82, 2.24) is 15.6 Å². The number of benzene rings is 2. The monoisotopic (exact) mass is 685 g/mol. The van der Waals surface area contributed by atoms with Crippen LogP contribution >= 0.6 is 0 Å². The normalized spacial score (nSPS) is 18.6. The number of aromatic amines is 1. The number of hydrogen-bond donors (Lipinski definition) is 3. The van der Waals surface area contributed by atoms with Crippen molar-refractivity contribution in [2.45, 2.75) is 97.7 Å². The van der Waals surface area contributed by atoms with Crippen molar-refractivity contribution in [3.63, 3.8) is 0 Å². The van der Waals surface area contributed by atoms with Gasteiger partial charge < -0.3 is 15.6 Å². The van der Waals surface area contributed by atoms with Crippen molar-refractivity contribution in [2.24, 2.45) is 23.7 Å². The lowest BCUT2D eigenvalue weighted by molar-refractivity contribution is -0.137. The Bertz CT molecular complexity index is 1680. The molecule has 7 nitrogen and oxygen atoms in total. The minimum atomic E-state index is -4.60. The molecule has 3 aromatic rings. The van der Waals surface area contributed by atoms with Gasteiger partial charge in [-0.05, 0) is 53.9 Å². The van der Waals surface area contributed by atoms with Gasteiger partial charge in [-0.15, -0.1) is 0 Å². The number of fused-ring (bicyclic) bond motifs is 3. The molecule has 1 heterocycles. The number of aryl methyl sites for hydroxylation is 1. The standard InChI is InChI=1S/C38H47F4N3O4/c1-6-22(3)26(21-43-24(5)46)18-34(48)37(16-15-33-30(20-37)28-12-10-13-31(35(28)44-33)38(40,41)42)45-36(49)29(23(4)7-2)19-27(47)17-25-11-8-9-14-32(25)39/h8-14,22-23,26,29,44H,6-7,15-21H2,1-5H3,(H,43,46)(H,45,49)/t22?,23?,26-,29+,37-/m1/s1. The highest BCUT2D eigenvalue weighted by Crippen LogP contribution is 2.41. The third-order valence-electron chi connectivity index (χ3n) is 10.5. The number of ketones is 2. The van der Waals surface area contributed by atoms with Crippen LogP contribution in [0.4, 0.5) is 17.6 Å². The third-order valence-corrected chi connectivity index (χ3v) is 10.5. The van der Waals surface area contributed by atoms with Crippen molar-refractivity contribution < 1.29 is 36.7 Å². The van der Waals surface area contributed by atoms with E-state index in [-0.39, 0.29) is 91.4 Å². The average Bonchev–Trinajstić information content (AvgIpc) is 3.42. The van der Waals surface area contributed by atoms with Gasteiger partial charge in [-0.3, -0.25) is 19.2 Å². The Hall–Kier alpha value is -4.02. The number of para-hydroxylation sites is 1. The third kappa shape index (κ3) is 8.78. The molecular formula is C38H47F4N3O4. The van der Waals surface area contributed by atoms with E-state index in [4.69, 9.17) is 0 Å². The van der Waals surface area contributed by atoms with Crippen molar-refractivity contribution in [3.8, 4) is 0 Å². The van der Waals surface area contributed by atoms with Gasteiger partial charge in [0.25, 0.3) is 0 Å². The first-order valence-electron chi connectivity index (χ1n) is 17.1. The van der Waals surface area contributed by atoms with Gasteiger partial charge in [0, 0.05) is 56.1 Å². The molecule has 1 aromatic heterocycles. The second-order valence-corrected chi connectivity index (χ2v) is 13.8. The van der Waals surface area contributed by atoms with E-state index in [0.29, 0.717) is 23.1 Å². The highest BCUT2D eigenvalue weighted by molar-refractivity contribution is 5.97. The Morgan fingerprint density at radius 3 is 2.29 bits per heavy atom. The van der Waals surface area contributed by atoms with Crippen LogP contribution in [0.25, 0.3) is 10.9 Å². The van der Waals surface area contributed by atoms with E-state index in [1.54, 1.807) is 12.1 Å². The average molecular weight is 686 g/mol. The summed E-state index contributed by atoms with van der Waals surface area (Å²) < 4.78 is 56.3. The first kappa shape index (κ1) is 37.8. The molecule has 0 spiro atoms. The van der Waals surface area contributed by atoms with Crippen LogP contribution in [-0.2, 0) is 44.6 Å². The van der Waals surface area contributed by atoms with Gasteiger partial charge >= 0.3 is 6.18 Å². The number of nitrogens with one attached hydrogen (secondary N) is 3. The maximum Gasteiger partial charge on any atom is 0.418 e. The molecule has 11 heteroatoms. The molecule has 0 saturated heterocycles. The van der Waals surface area contributed by atoms with E-state index in [9.17, 15) is 36.7 Å². The van der Waals surface area contributed by atoms with Crippen molar-refractivity contribution >= 4 is 34.3 Å². The predicted octanol–water partition coefficient (Wildman–Crippen LogP) is 7.29. The number of hydrogen-bond acceptors (Lipinski definition) is 4. The summed E-state index contributed by atoms with van der Waals surface area (Å²) in [4.78, 5) is 56.8. The second kappa shape index (κ2) is 15.7. The molecule has 5 atom stereocenters. The van der Waals surface area contributed by atoms with Crippen LogP contribution in [0, 0.1) is 29.5 Å². The minimum absolute atomic E-state index is 0.0290. The molecule has 2 amide bonds. The lowest BCUT2D eigenvalue weighted by atomic mass is 9.72. The second-order valence-electron chi connectivity index (χ2n) is 13.8. The Morgan fingerprint density at radius 1 is 0.959 bits per heavy atom. The molecule has 1 aliphatic carbocycles. The summed E-state index contributed by atoms with van der Waals surface area (Å²) in [5.74, 6) is -3.11. The van der Waals surface area contributed by atoms with Crippen LogP contribution in [0.5, 0.6) is 0 Å². The van der Waals surface area contributed by atoms with Crippen LogP contribution in [0.15, 0.2) is 42.5 Å². The van der Waals surface area contributed by atoms with Crippen LogP contribution in [0.2, 0.25) is 0 Å². The lowest BCUT2D eigenvalue weighted by Crippen LogP contribution is -2.60. The Kier molecular flexibility index (Phi) is 12.1. The van der Waals surface area contributed by atoms with Gasteiger partial charge in [0.05, 0.1) is 11.1 Å². The quantitative estimate of drug-likeness (QED) is 0.146. The number of Topliss-reactive ketones (excluding diaryl/α,β-unsaturated/α-hetero) is 2. The Morgan fingerprint density at radius 2 is 1.65 bits per heavy atom. The predicted molar refractivity (Wildman–Crippen MR) is 180 cm³/mol. The van der Waals surface area contributed by atoms with Crippen LogP contribution in [0.1, 0.15) is 89.1 Å². The zero-order valence-corrected chi connectivity index (χ0v) is 28.9. The van der Waals surface area contributed by atoms with E-state index in [1.165, 1.54) is 31.2 Å². The summed E-state index contributed by atoms with van der Waals surface area (Å²) in [5, 5.41) is 6.21. The fourth-order valence-corrected chi connectivity index (χ4v) is 6.98. The summed E-state index contributed by atoms with van der Waals surface area (Å²) in [5.41, 5.74) is -0.976. The smallest absolute Gasteiger partial charge is 0.358 e. The maximum atomic E-state index is 14.6. The largest absolute Gasteiger partial charge is 0.418 e. The molecule has 49 heavy (non-hydrogen) atoms. The minimum Gasteiger partial charge on any atom is -0.358 e. The first-order chi connectivity index (χ1) is 23.1. The summed E-state index contributed by atoms with van der Waals surface area (Å²) in [7, 11) is 0. The van der Waals surface area contributed by atoms with Gasteiger partial charge in [0.1, 0.15) is 17.1 Å². The molecule has 0 radical (unpaired) electrons. The number of H-pyrrole nitrogens is 1. The highest BCUT2D eigenvalue weighted by atomic mass is 19.4. The fraction of sp³-hybridized carbons (Fsp3) is 0.526. The van der Waals surface area contributed by atoms with Gasteiger partial charge in [-0.25, -0.2) is 4.39 Å². The molecule has 2 unspecified atom stereocenters. The zero-order valence-electron chi connectivity index (χ0n) is 28.9. The molecule has 0 fully saturated rings. The number of amides is 2. The zero-order chi connectivity index (χ0) is 36.1. The van der Waals surface area contributed by atoms with E-state index in [2.05, 4.69) is 15.6 Å². The molecular weight excluding hydrogens is 638 g/mol. The summed E-state index contributed by atoms with van der Waals surface area (Å²) >= 11 is 0. The van der Waals surface area contributed by atoms with Gasteiger partial charge in [-0.1, -0.05) is 70.9 Å². The molecule has 2 aromatic carbocycles. The van der Waals surface area contributed by atoms with Crippen molar-refractivity contribution in [3.05, 3.63) is 70.7 Å². The van der Waals surface area contributed by atoms with Crippen molar-refractivity contribution in [1.29, 1.82) is 0 Å².